The summed E-state index contributed by atoms with van der Waals surface area (Å²) in [7, 11) is 0. The number of rotatable bonds is 12. The van der Waals surface area contributed by atoms with Crippen LogP contribution in [0, 0.1) is 17.8 Å². The molecule has 4 amide bonds. The summed E-state index contributed by atoms with van der Waals surface area (Å²) >= 11 is 0. The van der Waals surface area contributed by atoms with Crippen molar-refractivity contribution in [3.8, 4) is 0 Å². The number of carbonyl (C=O) groups excluding carboxylic acids is 4. The lowest BCUT2D eigenvalue weighted by Crippen LogP contribution is -2.57. The van der Waals surface area contributed by atoms with Crippen molar-refractivity contribution in [3.63, 3.8) is 0 Å². The number of benzene rings is 1. The summed E-state index contributed by atoms with van der Waals surface area (Å²) in [6.07, 6.45) is 5.01. The fraction of sp³-hybridized carbons (Fsp3) is 0.636. The second-order valence-corrected chi connectivity index (χ2v) is 12.3. The van der Waals surface area contributed by atoms with Crippen LogP contribution in [0.2, 0.25) is 0 Å². The number of carbonyl (C=O) groups is 4. The van der Waals surface area contributed by atoms with Crippen LogP contribution in [-0.2, 0) is 19.1 Å². The minimum Gasteiger partial charge on any atom is -0.447 e. The third-order valence-electron chi connectivity index (χ3n) is 8.48. The van der Waals surface area contributed by atoms with Crippen LogP contribution in [0.25, 0.3) is 0 Å². The molecule has 2 fully saturated rings. The van der Waals surface area contributed by atoms with Crippen molar-refractivity contribution in [1.82, 2.24) is 20.9 Å². The summed E-state index contributed by atoms with van der Waals surface area (Å²) < 4.78 is 5.24. The van der Waals surface area contributed by atoms with E-state index in [1.54, 1.807) is 24.8 Å². The Morgan fingerprint density at radius 1 is 1.00 bits per heavy atom. The molecule has 9 nitrogen and oxygen atoms in total. The van der Waals surface area contributed by atoms with Gasteiger partial charge in [0.2, 0.25) is 17.7 Å². The summed E-state index contributed by atoms with van der Waals surface area (Å²) in [5.41, 5.74) is 1.50. The van der Waals surface area contributed by atoms with Crippen LogP contribution in [-0.4, -0.2) is 59.5 Å². The lowest BCUT2D eigenvalue weighted by Gasteiger charge is -2.33. The highest BCUT2D eigenvalue weighted by Gasteiger charge is 2.51. The second-order valence-electron chi connectivity index (χ2n) is 12.3. The number of likely N-dealkylation sites (tertiary alicyclic amines) is 1. The van der Waals surface area contributed by atoms with Crippen LogP contribution in [0.4, 0.5) is 4.79 Å². The second kappa shape index (κ2) is 15.2. The maximum absolute atomic E-state index is 14.1. The highest BCUT2D eigenvalue weighted by Crippen LogP contribution is 2.42. The van der Waals surface area contributed by atoms with Crippen molar-refractivity contribution >= 4 is 23.8 Å². The number of fused-ring (bicyclic) bond motifs is 1. The number of hydrogen-bond acceptors (Lipinski definition) is 5. The van der Waals surface area contributed by atoms with E-state index in [4.69, 9.17) is 4.74 Å². The number of ether oxygens (including phenoxy) is 1. The zero-order chi connectivity index (χ0) is 31.0. The summed E-state index contributed by atoms with van der Waals surface area (Å²) in [4.78, 5) is 55.5. The van der Waals surface area contributed by atoms with Crippen LogP contribution in [0.5, 0.6) is 0 Å². The van der Waals surface area contributed by atoms with Gasteiger partial charge in [0.05, 0.1) is 18.2 Å². The molecule has 9 heteroatoms. The molecule has 1 aromatic carbocycles. The lowest BCUT2D eigenvalue weighted by atomic mass is 9.92. The van der Waals surface area contributed by atoms with E-state index in [2.05, 4.69) is 16.0 Å². The van der Waals surface area contributed by atoms with Gasteiger partial charge in [-0.1, -0.05) is 70.0 Å². The maximum Gasteiger partial charge on any atom is 0.408 e. The molecule has 1 aliphatic heterocycles. The Morgan fingerprint density at radius 2 is 1.69 bits per heavy atom. The van der Waals surface area contributed by atoms with Gasteiger partial charge in [0, 0.05) is 12.1 Å². The fourth-order valence-corrected chi connectivity index (χ4v) is 6.38. The van der Waals surface area contributed by atoms with Gasteiger partial charge in [-0.25, -0.2) is 4.79 Å². The average molecular weight is 583 g/mol. The molecule has 0 radical (unpaired) electrons. The zero-order valence-electron chi connectivity index (χ0n) is 26.3. The molecule has 1 unspecified atom stereocenters. The van der Waals surface area contributed by atoms with Gasteiger partial charge in [0.25, 0.3) is 0 Å². The molecule has 42 heavy (non-hydrogen) atoms. The van der Waals surface area contributed by atoms with E-state index in [1.165, 1.54) is 0 Å². The Kier molecular flexibility index (Phi) is 12.0. The van der Waals surface area contributed by atoms with Gasteiger partial charge in [-0.2, -0.15) is 0 Å². The van der Waals surface area contributed by atoms with Crippen LogP contribution in [0.3, 0.4) is 0 Å². The maximum atomic E-state index is 14.1. The van der Waals surface area contributed by atoms with Gasteiger partial charge in [-0.15, -0.1) is 0 Å². The number of nitrogens with one attached hydrogen (secondary N) is 3. The largest absolute Gasteiger partial charge is 0.447 e. The molecule has 1 aromatic rings. The van der Waals surface area contributed by atoms with Crippen LogP contribution >= 0.6 is 0 Å². The summed E-state index contributed by atoms with van der Waals surface area (Å²) in [6, 6.07) is 7.59. The highest BCUT2D eigenvalue weighted by molar-refractivity contribution is 5.97. The Hall–Kier alpha value is -3.36. The zero-order valence-corrected chi connectivity index (χ0v) is 26.3. The summed E-state index contributed by atoms with van der Waals surface area (Å²) in [5.74, 6) is -0.647. The summed E-state index contributed by atoms with van der Waals surface area (Å²) in [5, 5.41) is 8.98. The van der Waals surface area contributed by atoms with E-state index in [-0.39, 0.29) is 47.6 Å². The molecule has 0 aromatic heterocycles. The minimum absolute atomic E-state index is 0.0487. The molecular weight excluding hydrogens is 532 g/mol. The monoisotopic (exact) mass is 582 g/mol. The van der Waals surface area contributed by atoms with E-state index >= 15 is 0 Å². The number of nitrogens with zero attached hydrogens (tertiary/aromatic N) is 1. The first kappa shape index (κ1) is 33.1. The van der Waals surface area contributed by atoms with E-state index in [1.807, 2.05) is 65.0 Å². The first-order valence-corrected chi connectivity index (χ1v) is 15.6. The highest BCUT2D eigenvalue weighted by atomic mass is 16.6. The quantitative estimate of drug-likeness (QED) is 0.304. The molecule has 1 saturated carbocycles. The molecule has 1 heterocycles. The number of allylic oxidation sites excluding steroid dienone is 1. The standard InChI is InChI=1S/C33H50N4O5/c1-8-14-27(25(9-2)30(38)34-22(7)23-15-11-10-12-16-23)35-31(39)29-26-18-13-17-24(26)19-37(29)32(40)28(20(3)4)36-33(41)42-21(5)6/h9-12,15-16,20-22,24,26-29H,8,13-14,17-19H2,1-7H3,(H,34,38)(H,35,39)(H,36,41)/b25-9-/t22-,24-,26-,27?,28-,29-/m0/s1. The molecule has 6 atom stereocenters. The normalized spacial score (nSPS) is 22.4. The van der Waals surface area contributed by atoms with Crippen LogP contribution < -0.4 is 16.0 Å². The number of amides is 4. The van der Waals surface area contributed by atoms with E-state index in [9.17, 15) is 19.2 Å². The third kappa shape index (κ3) is 8.13. The van der Waals surface area contributed by atoms with Gasteiger partial charge >= 0.3 is 6.09 Å². The number of alkyl carbamates (subject to hydrolysis) is 1. The Bertz CT molecular complexity index is 1120. The van der Waals surface area contributed by atoms with Crippen LogP contribution in [0.1, 0.15) is 92.2 Å². The Morgan fingerprint density at radius 3 is 2.29 bits per heavy atom. The molecule has 1 saturated heterocycles. The van der Waals surface area contributed by atoms with Gasteiger partial charge in [-0.05, 0) is 70.3 Å². The van der Waals surface area contributed by atoms with Gasteiger partial charge < -0.3 is 25.6 Å². The predicted molar refractivity (Wildman–Crippen MR) is 163 cm³/mol. The van der Waals surface area contributed by atoms with Crippen molar-refractivity contribution in [2.75, 3.05) is 6.54 Å². The average Bonchev–Trinajstić information content (AvgIpc) is 3.53. The Balaban J connectivity index is 1.80. The molecular formula is C33H50N4O5. The van der Waals surface area contributed by atoms with Gasteiger partial charge in [-0.3, -0.25) is 14.4 Å². The van der Waals surface area contributed by atoms with Crippen molar-refractivity contribution in [3.05, 3.63) is 47.5 Å². The first-order valence-electron chi connectivity index (χ1n) is 15.6. The van der Waals surface area contributed by atoms with Gasteiger partial charge in [0.15, 0.2) is 0 Å². The SMILES string of the molecule is C/C=C(\C(=O)N[C@@H](C)c1ccccc1)C(CCC)NC(=O)[C@@H]1[C@H]2CCC[C@H]2CN1C(=O)[C@@H](NC(=O)OC(C)C)C(C)C. The molecule has 3 N–H and O–H groups in total. The lowest BCUT2D eigenvalue weighted by molar-refractivity contribution is -0.142. The molecule has 2 aliphatic rings. The number of hydrogen-bond donors (Lipinski definition) is 3. The van der Waals surface area contributed by atoms with E-state index < -0.39 is 24.2 Å². The molecule has 0 spiro atoms. The Labute approximate surface area is 251 Å². The van der Waals surface area contributed by atoms with E-state index in [0.717, 1.165) is 31.2 Å². The minimum atomic E-state index is -0.812. The topological polar surface area (TPSA) is 117 Å². The van der Waals surface area contributed by atoms with Crippen molar-refractivity contribution in [1.29, 1.82) is 0 Å². The van der Waals surface area contributed by atoms with Crippen LogP contribution in [0.15, 0.2) is 42.0 Å². The van der Waals surface area contributed by atoms with Crippen molar-refractivity contribution in [2.24, 2.45) is 17.8 Å². The van der Waals surface area contributed by atoms with Gasteiger partial charge in [0.1, 0.15) is 12.1 Å². The molecule has 3 rings (SSSR count). The molecule has 1 aliphatic carbocycles. The molecule has 232 valence electrons. The first-order chi connectivity index (χ1) is 20.0. The third-order valence-corrected chi connectivity index (χ3v) is 8.48. The van der Waals surface area contributed by atoms with Crippen molar-refractivity contribution < 1.29 is 23.9 Å². The van der Waals surface area contributed by atoms with E-state index in [0.29, 0.717) is 18.5 Å². The fourth-order valence-electron chi connectivity index (χ4n) is 6.38. The summed E-state index contributed by atoms with van der Waals surface area (Å²) in [6.45, 7) is 13.5. The molecule has 0 bridgehead atoms. The smallest absolute Gasteiger partial charge is 0.408 e. The predicted octanol–water partition coefficient (Wildman–Crippen LogP) is 4.88. The van der Waals surface area contributed by atoms with Crippen molar-refractivity contribution in [2.45, 2.75) is 111 Å².